The van der Waals surface area contributed by atoms with Gasteiger partial charge in [-0.25, -0.2) is 0 Å². The Balaban J connectivity index is 1.93. The molecule has 0 aliphatic carbocycles. The van der Waals surface area contributed by atoms with Gasteiger partial charge in [0.1, 0.15) is 0 Å². The van der Waals surface area contributed by atoms with E-state index in [2.05, 4.69) is 80.5 Å². The Morgan fingerprint density at radius 2 is 1.82 bits per heavy atom. The van der Waals surface area contributed by atoms with E-state index in [1.165, 1.54) is 14.2 Å². The van der Waals surface area contributed by atoms with Crippen molar-refractivity contribution >= 4 is 43.2 Å². The minimum absolute atomic E-state index is 0.365. The SMILES string of the molecule is CC(NCc1ccc(Br)s1)c1ccc(Br)cc1. The molecule has 1 nitrogen and oxygen atoms in total. The highest BCUT2D eigenvalue weighted by Crippen LogP contribution is 2.23. The van der Waals surface area contributed by atoms with Gasteiger partial charge in [-0.15, -0.1) is 11.3 Å². The average molecular weight is 375 g/mol. The molecule has 0 aliphatic rings. The Labute approximate surface area is 123 Å². The van der Waals surface area contributed by atoms with Gasteiger partial charge in [-0.3, -0.25) is 0 Å². The molecule has 2 rings (SSSR count). The summed E-state index contributed by atoms with van der Waals surface area (Å²) in [6, 6.07) is 13.1. The zero-order chi connectivity index (χ0) is 12.3. The summed E-state index contributed by atoms with van der Waals surface area (Å²) < 4.78 is 2.31. The maximum Gasteiger partial charge on any atom is 0.0701 e. The second kappa shape index (κ2) is 6.14. The third kappa shape index (κ3) is 3.91. The van der Waals surface area contributed by atoms with Crippen molar-refractivity contribution < 1.29 is 0 Å². The molecular weight excluding hydrogens is 362 g/mol. The Bertz CT molecular complexity index is 478. The minimum atomic E-state index is 0.365. The lowest BCUT2D eigenvalue weighted by atomic mass is 10.1. The number of hydrogen-bond acceptors (Lipinski definition) is 2. The molecule has 0 radical (unpaired) electrons. The fourth-order valence-electron chi connectivity index (χ4n) is 1.57. The van der Waals surface area contributed by atoms with Crippen molar-refractivity contribution in [2.45, 2.75) is 19.5 Å². The lowest BCUT2D eigenvalue weighted by Crippen LogP contribution is -2.17. The number of halogens is 2. The number of hydrogen-bond donors (Lipinski definition) is 1. The number of rotatable bonds is 4. The molecule has 1 aromatic carbocycles. The molecule has 0 amide bonds. The smallest absolute Gasteiger partial charge is 0.0701 e. The predicted molar refractivity (Wildman–Crippen MR) is 81.4 cm³/mol. The predicted octanol–water partition coefficient (Wildman–Crippen LogP) is 5.12. The van der Waals surface area contributed by atoms with Crippen molar-refractivity contribution in [2.24, 2.45) is 0 Å². The van der Waals surface area contributed by atoms with Gasteiger partial charge in [-0.1, -0.05) is 28.1 Å². The first-order valence-corrected chi connectivity index (χ1v) is 7.78. The molecule has 1 heterocycles. The maximum atomic E-state index is 3.52. The van der Waals surface area contributed by atoms with Crippen LogP contribution in [0, 0.1) is 0 Å². The summed E-state index contributed by atoms with van der Waals surface area (Å²) in [5, 5.41) is 3.52. The van der Waals surface area contributed by atoms with E-state index >= 15 is 0 Å². The highest BCUT2D eigenvalue weighted by atomic mass is 79.9. The number of thiophene rings is 1. The molecule has 4 heteroatoms. The molecule has 0 fully saturated rings. The lowest BCUT2D eigenvalue weighted by Gasteiger charge is -2.13. The molecule has 0 spiro atoms. The van der Waals surface area contributed by atoms with E-state index in [4.69, 9.17) is 0 Å². The standard InChI is InChI=1S/C13H13Br2NS/c1-9(10-2-4-11(14)5-3-10)16-8-12-6-7-13(15)17-12/h2-7,9,16H,8H2,1H3. The normalized spacial score (nSPS) is 12.6. The first kappa shape index (κ1) is 13.3. The van der Waals surface area contributed by atoms with Gasteiger partial charge in [0.2, 0.25) is 0 Å². The lowest BCUT2D eigenvalue weighted by molar-refractivity contribution is 0.579. The highest BCUT2D eigenvalue weighted by molar-refractivity contribution is 9.11. The first-order chi connectivity index (χ1) is 8.15. The van der Waals surface area contributed by atoms with Crippen molar-refractivity contribution in [1.29, 1.82) is 0 Å². The van der Waals surface area contributed by atoms with E-state index in [0.29, 0.717) is 6.04 Å². The van der Waals surface area contributed by atoms with Gasteiger partial charge in [-0.05, 0) is 52.7 Å². The van der Waals surface area contributed by atoms with Gasteiger partial charge < -0.3 is 5.32 Å². The molecule has 17 heavy (non-hydrogen) atoms. The van der Waals surface area contributed by atoms with Crippen molar-refractivity contribution in [3.05, 3.63) is 55.1 Å². The van der Waals surface area contributed by atoms with E-state index in [1.54, 1.807) is 11.3 Å². The second-order valence-corrected chi connectivity index (χ2v) is 7.32. The number of benzene rings is 1. The quantitative estimate of drug-likeness (QED) is 0.782. The van der Waals surface area contributed by atoms with Crippen molar-refractivity contribution in [3.63, 3.8) is 0 Å². The van der Waals surface area contributed by atoms with E-state index in [0.717, 1.165) is 11.0 Å². The van der Waals surface area contributed by atoms with Crippen molar-refractivity contribution in [1.82, 2.24) is 5.32 Å². The summed E-state index contributed by atoms with van der Waals surface area (Å²) in [5.74, 6) is 0. The summed E-state index contributed by atoms with van der Waals surface area (Å²) in [6.07, 6.45) is 0. The van der Waals surface area contributed by atoms with Crippen LogP contribution in [0.1, 0.15) is 23.4 Å². The van der Waals surface area contributed by atoms with Crippen LogP contribution in [0.2, 0.25) is 0 Å². The zero-order valence-corrected chi connectivity index (χ0v) is 13.4. The van der Waals surface area contributed by atoms with Crippen molar-refractivity contribution in [3.8, 4) is 0 Å². The largest absolute Gasteiger partial charge is 0.305 e. The molecule has 0 aliphatic heterocycles. The molecule has 90 valence electrons. The third-order valence-corrected chi connectivity index (χ3v) is 4.73. The molecule has 1 atom stereocenters. The Kier molecular flexibility index (Phi) is 4.79. The van der Waals surface area contributed by atoms with Gasteiger partial charge in [0.25, 0.3) is 0 Å². The Morgan fingerprint density at radius 1 is 1.12 bits per heavy atom. The van der Waals surface area contributed by atoms with Crippen LogP contribution in [0.25, 0.3) is 0 Å². The van der Waals surface area contributed by atoms with Crippen LogP contribution < -0.4 is 5.32 Å². The van der Waals surface area contributed by atoms with Crippen LogP contribution in [-0.4, -0.2) is 0 Å². The monoisotopic (exact) mass is 373 g/mol. The zero-order valence-electron chi connectivity index (χ0n) is 9.41. The molecule has 2 aromatic rings. The minimum Gasteiger partial charge on any atom is -0.305 e. The first-order valence-electron chi connectivity index (χ1n) is 5.38. The number of nitrogens with one attached hydrogen (secondary N) is 1. The summed E-state index contributed by atoms with van der Waals surface area (Å²) in [6.45, 7) is 3.10. The molecule has 0 saturated heterocycles. The van der Waals surface area contributed by atoms with Gasteiger partial charge in [0, 0.05) is 21.9 Å². The highest BCUT2D eigenvalue weighted by Gasteiger charge is 2.05. The molecule has 1 unspecified atom stereocenters. The molecule has 0 saturated carbocycles. The van der Waals surface area contributed by atoms with Crippen LogP contribution in [-0.2, 0) is 6.54 Å². The Hall–Kier alpha value is -0.160. The third-order valence-electron chi connectivity index (χ3n) is 2.58. The van der Waals surface area contributed by atoms with Crippen LogP contribution in [0.5, 0.6) is 0 Å². The summed E-state index contributed by atoms with van der Waals surface area (Å²) >= 11 is 8.70. The van der Waals surface area contributed by atoms with E-state index in [1.807, 2.05) is 0 Å². The van der Waals surface area contributed by atoms with Crippen LogP contribution >= 0.6 is 43.2 Å². The topological polar surface area (TPSA) is 12.0 Å². The molecule has 0 bridgehead atoms. The summed E-state index contributed by atoms with van der Waals surface area (Å²) in [4.78, 5) is 1.35. The maximum absolute atomic E-state index is 3.52. The summed E-state index contributed by atoms with van der Waals surface area (Å²) in [7, 11) is 0. The van der Waals surface area contributed by atoms with Crippen molar-refractivity contribution in [2.75, 3.05) is 0 Å². The van der Waals surface area contributed by atoms with E-state index in [9.17, 15) is 0 Å². The van der Waals surface area contributed by atoms with E-state index in [-0.39, 0.29) is 0 Å². The van der Waals surface area contributed by atoms with Gasteiger partial charge in [-0.2, -0.15) is 0 Å². The fourth-order valence-corrected chi connectivity index (χ4v) is 3.27. The van der Waals surface area contributed by atoms with Gasteiger partial charge in [0.05, 0.1) is 3.79 Å². The summed E-state index contributed by atoms with van der Waals surface area (Å²) in [5.41, 5.74) is 1.31. The van der Waals surface area contributed by atoms with Gasteiger partial charge >= 0.3 is 0 Å². The second-order valence-electron chi connectivity index (χ2n) is 3.86. The Morgan fingerprint density at radius 3 is 2.41 bits per heavy atom. The van der Waals surface area contributed by atoms with Crippen LogP contribution in [0.3, 0.4) is 0 Å². The van der Waals surface area contributed by atoms with Crippen LogP contribution in [0.4, 0.5) is 0 Å². The molecule has 1 aromatic heterocycles. The fraction of sp³-hybridized carbons (Fsp3) is 0.231. The molecule has 1 N–H and O–H groups in total. The van der Waals surface area contributed by atoms with Gasteiger partial charge in [0.15, 0.2) is 0 Å². The van der Waals surface area contributed by atoms with Crippen LogP contribution in [0.15, 0.2) is 44.7 Å². The van der Waals surface area contributed by atoms with E-state index < -0.39 is 0 Å². The molecular formula is C13H13Br2NS. The average Bonchev–Trinajstić information content (AvgIpc) is 2.73.